The molecule has 0 fully saturated rings. The molecule has 1 aliphatic heterocycles. The summed E-state index contributed by atoms with van der Waals surface area (Å²) < 4.78 is 28.7. The third-order valence-electron chi connectivity index (χ3n) is 3.51. The molecular weight excluding hydrogens is 314 g/mol. The Labute approximate surface area is 127 Å². The van der Waals surface area contributed by atoms with Gasteiger partial charge < -0.3 is 9.67 Å². The third kappa shape index (κ3) is 2.57. The molecule has 0 amide bonds. The van der Waals surface area contributed by atoms with Crippen LogP contribution >= 0.6 is 11.6 Å². The second kappa shape index (κ2) is 5.42. The highest BCUT2D eigenvalue weighted by atomic mass is 35.5. The lowest BCUT2D eigenvalue weighted by Crippen LogP contribution is -2.38. The first-order chi connectivity index (χ1) is 10.0. The summed E-state index contributed by atoms with van der Waals surface area (Å²) in [5, 5.41) is 9.32. The zero-order valence-electron chi connectivity index (χ0n) is 11.1. The smallest absolute Gasteiger partial charge is 0.245 e. The molecule has 1 N–H and O–H groups in total. The van der Waals surface area contributed by atoms with Gasteiger partial charge in [-0.25, -0.2) is 13.4 Å². The molecule has 6 nitrogen and oxygen atoms in total. The van der Waals surface area contributed by atoms with Crippen molar-refractivity contribution in [3.8, 4) is 0 Å². The number of hydrogen-bond acceptors (Lipinski definition) is 4. The fourth-order valence-corrected chi connectivity index (χ4v) is 4.25. The van der Waals surface area contributed by atoms with Crippen molar-refractivity contribution in [1.82, 2.24) is 13.9 Å². The van der Waals surface area contributed by atoms with Gasteiger partial charge in [-0.1, -0.05) is 17.7 Å². The van der Waals surface area contributed by atoms with E-state index in [9.17, 15) is 8.42 Å². The van der Waals surface area contributed by atoms with Gasteiger partial charge in [0.25, 0.3) is 0 Å². The number of rotatable bonds is 3. The summed E-state index contributed by atoms with van der Waals surface area (Å²) in [4.78, 5) is 4.18. The quantitative estimate of drug-likeness (QED) is 0.920. The number of aromatic nitrogens is 2. The average molecular weight is 328 g/mol. The molecule has 3 rings (SSSR count). The number of hydrogen-bond donors (Lipinski definition) is 1. The molecule has 0 atom stereocenters. The van der Waals surface area contributed by atoms with Crippen LogP contribution in [0.3, 0.4) is 0 Å². The fourth-order valence-electron chi connectivity index (χ4n) is 2.34. The van der Waals surface area contributed by atoms with Gasteiger partial charge in [-0.05, 0) is 17.7 Å². The lowest BCUT2D eigenvalue weighted by molar-refractivity contribution is 0.281. The van der Waals surface area contributed by atoms with E-state index in [4.69, 9.17) is 16.7 Å². The van der Waals surface area contributed by atoms with Crippen molar-refractivity contribution >= 4 is 21.6 Å². The molecule has 112 valence electrons. The molecule has 1 aromatic carbocycles. The molecule has 0 radical (unpaired) electrons. The van der Waals surface area contributed by atoms with Crippen LogP contribution in [-0.4, -0.2) is 33.9 Å². The molecule has 2 aromatic rings. The summed E-state index contributed by atoms with van der Waals surface area (Å²) in [6.07, 6.45) is 3.49. The van der Waals surface area contributed by atoms with Gasteiger partial charge in [0.15, 0.2) is 0 Å². The maximum absolute atomic E-state index is 12.7. The lowest BCUT2D eigenvalue weighted by atomic mass is 10.2. The number of imidazole rings is 1. The van der Waals surface area contributed by atoms with Crippen molar-refractivity contribution in [3.63, 3.8) is 0 Å². The minimum atomic E-state index is -3.71. The lowest BCUT2D eigenvalue weighted by Gasteiger charge is -2.27. The number of halogens is 1. The third-order valence-corrected chi connectivity index (χ3v) is 5.83. The maximum atomic E-state index is 12.7. The van der Waals surface area contributed by atoms with Crippen LogP contribution < -0.4 is 0 Å². The van der Waals surface area contributed by atoms with E-state index >= 15 is 0 Å². The summed E-state index contributed by atoms with van der Waals surface area (Å²) in [5.74, 6) is 0.708. The second-order valence-corrected chi connectivity index (χ2v) is 7.11. The fraction of sp³-hybridized carbons (Fsp3) is 0.308. The van der Waals surface area contributed by atoms with E-state index in [2.05, 4.69) is 4.98 Å². The average Bonchev–Trinajstić information content (AvgIpc) is 2.95. The Bertz CT molecular complexity index is 773. The molecule has 0 bridgehead atoms. The molecule has 0 saturated carbocycles. The molecule has 0 aliphatic carbocycles. The normalized spacial score (nSPS) is 15.9. The summed E-state index contributed by atoms with van der Waals surface area (Å²) >= 11 is 6.03. The molecule has 0 spiro atoms. The number of aliphatic hydroxyl groups is 1. The molecule has 8 heteroatoms. The number of nitrogens with zero attached hydrogens (tertiary/aromatic N) is 3. The van der Waals surface area contributed by atoms with Gasteiger partial charge in [0.2, 0.25) is 10.0 Å². The Balaban J connectivity index is 1.98. The number of sulfonamides is 1. The molecule has 0 unspecified atom stereocenters. The van der Waals surface area contributed by atoms with E-state index in [-0.39, 0.29) is 23.1 Å². The van der Waals surface area contributed by atoms with Crippen molar-refractivity contribution in [2.24, 2.45) is 0 Å². The topological polar surface area (TPSA) is 75.4 Å². The van der Waals surface area contributed by atoms with Crippen LogP contribution in [0.1, 0.15) is 11.4 Å². The zero-order valence-corrected chi connectivity index (χ0v) is 12.7. The van der Waals surface area contributed by atoms with Crippen molar-refractivity contribution in [1.29, 1.82) is 0 Å². The monoisotopic (exact) mass is 327 g/mol. The van der Waals surface area contributed by atoms with E-state index in [0.29, 0.717) is 24.5 Å². The molecule has 21 heavy (non-hydrogen) atoms. The Morgan fingerprint density at radius 3 is 2.90 bits per heavy atom. The SMILES string of the molecule is O=S(=O)(c1cc(CO)ccc1Cl)N1CCn2ccnc2C1. The van der Waals surface area contributed by atoms with Crippen LogP contribution in [0.4, 0.5) is 0 Å². The summed E-state index contributed by atoms with van der Waals surface area (Å²) in [7, 11) is -3.71. The van der Waals surface area contributed by atoms with Gasteiger partial charge in [0, 0.05) is 25.5 Å². The van der Waals surface area contributed by atoms with Crippen molar-refractivity contribution < 1.29 is 13.5 Å². The van der Waals surface area contributed by atoms with Crippen molar-refractivity contribution in [3.05, 3.63) is 47.0 Å². The maximum Gasteiger partial charge on any atom is 0.245 e. The Morgan fingerprint density at radius 2 is 2.14 bits per heavy atom. The van der Waals surface area contributed by atoms with E-state index in [0.717, 1.165) is 0 Å². The van der Waals surface area contributed by atoms with Crippen LogP contribution in [-0.2, 0) is 29.7 Å². The first-order valence-electron chi connectivity index (χ1n) is 6.42. The van der Waals surface area contributed by atoms with Gasteiger partial charge in [-0.2, -0.15) is 4.31 Å². The highest BCUT2D eigenvalue weighted by Gasteiger charge is 2.30. The highest BCUT2D eigenvalue weighted by molar-refractivity contribution is 7.89. The molecule has 2 heterocycles. The van der Waals surface area contributed by atoms with Crippen LogP contribution in [0.25, 0.3) is 0 Å². The molecular formula is C13H14ClN3O3S. The summed E-state index contributed by atoms with van der Waals surface area (Å²) in [6.45, 7) is 0.913. The Hall–Kier alpha value is -1.41. The summed E-state index contributed by atoms with van der Waals surface area (Å²) in [6, 6.07) is 4.51. The first kappa shape index (κ1) is 14.5. The summed E-state index contributed by atoms with van der Waals surface area (Å²) in [5.41, 5.74) is 0.511. The van der Waals surface area contributed by atoms with Crippen LogP contribution in [0.5, 0.6) is 0 Å². The predicted molar refractivity (Wildman–Crippen MR) is 77.2 cm³/mol. The molecule has 1 aromatic heterocycles. The van der Waals surface area contributed by atoms with Crippen LogP contribution in [0, 0.1) is 0 Å². The van der Waals surface area contributed by atoms with Crippen LogP contribution in [0.15, 0.2) is 35.5 Å². The Morgan fingerprint density at radius 1 is 1.33 bits per heavy atom. The molecule has 0 saturated heterocycles. The first-order valence-corrected chi connectivity index (χ1v) is 8.23. The van der Waals surface area contributed by atoms with E-state index in [1.807, 2.05) is 10.8 Å². The standard InChI is InChI=1S/C13H14ClN3O3S/c14-11-2-1-10(9-18)7-12(11)21(19,20)17-6-5-16-4-3-15-13(16)8-17/h1-4,7,18H,5-6,8-9H2. The van der Waals surface area contributed by atoms with E-state index < -0.39 is 10.0 Å². The Kier molecular flexibility index (Phi) is 3.75. The minimum Gasteiger partial charge on any atom is -0.392 e. The van der Waals surface area contributed by atoms with Gasteiger partial charge in [-0.3, -0.25) is 0 Å². The minimum absolute atomic E-state index is 0.0238. The number of aliphatic hydroxyl groups excluding tert-OH is 1. The van der Waals surface area contributed by atoms with Crippen molar-refractivity contribution in [2.45, 2.75) is 24.6 Å². The zero-order chi connectivity index (χ0) is 15.0. The molecule has 1 aliphatic rings. The van der Waals surface area contributed by atoms with E-state index in [1.165, 1.54) is 16.4 Å². The number of fused-ring (bicyclic) bond motifs is 1. The van der Waals surface area contributed by atoms with E-state index in [1.54, 1.807) is 12.3 Å². The predicted octanol–water partition coefficient (Wildman–Crippen LogP) is 1.23. The van der Waals surface area contributed by atoms with Gasteiger partial charge in [0.1, 0.15) is 10.7 Å². The van der Waals surface area contributed by atoms with Gasteiger partial charge in [0.05, 0.1) is 18.2 Å². The van der Waals surface area contributed by atoms with Gasteiger partial charge in [-0.15, -0.1) is 0 Å². The van der Waals surface area contributed by atoms with Crippen molar-refractivity contribution in [2.75, 3.05) is 6.54 Å². The highest BCUT2D eigenvalue weighted by Crippen LogP contribution is 2.28. The van der Waals surface area contributed by atoms with Gasteiger partial charge >= 0.3 is 0 Å². The van der Waals surface area contributed by atoms with Crippen LogP contribution in [0.2, 0.25) is 5.02 Å². The number of benzene rings is 1. The second-order valence-electron chi connectivity index (χ2n) is 4.80. The largest absolute Gasteiger partial charge is 0.392 e.